The van der Waals surface area contributed by atoms with E-state index < -0.39 is 36.0 Å². The van der Waals surface area contributed by atoms with Gasteiger partial charge in [-0.25, -0.2) is 9.18 Å². The molecular formula is C14H14ClFN2O5S. The average molecular weight is 377 g/mol. The van der Waals surface area contributed by atoms with Crippen molar-refractivity contribution in [1.82, 2.24) is 9.55 Å². The van der Waals surface area contributed by atoms with E-state index in [-0.39, 0.29) is 13.0 Å². The zero-order valence-electron chi connectivity index (χ0n) is 12.2. The van der Waals surface area contributed by atoms with E-state index in [1.807, 2.05) is 0 Å². The summed E-state index contributed by atoms with van der Waals surface area (Å²) in [4.78, 5) is 25.9. The monoisotopic (exact) mass is 376 g/mol. The van der Waals surface area contributed by atoms with E-state index in [1.54, 1.807) is 12.1 Å². The van der Waals surface area contributed by atoms with Crippen LogP contribution in [0, 0.1) is 0 Å². The fourth-order valence-corrected chi connectivity index (χ4v) is 3.52. The van der Waals surface area contributed by atoms with Gasteiger partial charge in [0.1, 0.15) is 12.3 Å². The van der Waals surface area contributed by atoms with Gasteiger partial charge in [0.25, 0.3) is 5.56 Å². The van der Waals surface area contributed by atoms with Crippen LogP contribution in [-0.2, 0) is 16.1 Å². The molecule has 3 rings (SSSR count). The number of halogens is 2. The third-order valence-corrected chi connectivity index (χ3v) is 4.82. The molecule has 0 aliphatic carbocycles. The molecule has 2 aromatic heterocycles. The van der Waals surface area contributed by atoms with E-state index in [0.717, 1.165) is 15.5 Å². The molecule has 0 bridgehead atoms. The van der Waals surface area contributed by atoms with Gasteiger partial charge < -0.3 is 14.6 Å². The molecular weight excluding hydrogens is 363 g/mol. The second kappa shape index (κ2) is 7.16. The number of aromatic nitrogens is 2. The zero-order valence-corrected chi connectivity index (χ0v) is 13.8. The maximum atomic E-state index is 13.4. The Morgan fingerprint density at radius 1 is 1.50 bits per heavy atom. The number of alkyl halides is 1. The second-order valence-corrected chi connectivity index (χ2v) is 7.04. The third kappa shape index (κ3) is 3.76. The number of ether oxygens (including phenoxy) is 2. The first-order valence-electron chi connectivity index (χ1n) is 7.09. The maximum Gasteiger partial charge on any atom is 0.330 e. The lowest BCUT2D eigenvalue weighted by Gasteiger charge is -2.18. The van der Waals surface area contributed by atoms with Crippen molar-refractivity contribution in [3.63, 3.8) is 0 Å². The summed E-state index contributed by atoms with van der Waals surface area (Å²) in [7, 11) is 0. The van der Waals surface area contributed by atoms with Gasteiger partial charge in [-0.05, 0) is 12.1 Å². The number of hydrogen-bond donors (Lipinski definition) is 2. The lowest BCUT2D eigenvalue weighted by molar-refractivity contribution is -0.142. The smallest absolute Gasteiger partial charge is 0.330 e. The molecule has 24 heavy (non-hydrogen) atoms. The highest BCUT2D eigenvalue weighted by Gasteiger charge is 2.42. The molecule has 0 amide bonds. The molecule has 0 saturated carbocycles. The molecule has 130 valence electrons. The first-order chi connectivity index (χ1) is 11.4. The van der Waals surface area contributed by atoms with Crippen molar-refractivity contribution in [2.75, 3.05) is 0 Å². The molecule has 1 aliphatic heterocycles. The predicted octanol–water partition coefficient (Wildman–Crippen LogP) is 1.41. The second-order valence-electron chi connectivity index (χ2n) is 5.24. The summed E-state index contributed by atoms with van der Waals surface area (Å²) in [5, 5.41) is 9.27. The van der Waals surface area contributed by atoms with E-state index >= 15 is 0 Å². The Hall–Kier alpha value is -1.52. The van der Waals surface area contributed by atoms with Gasteiger partial charge in [0, 0.05) is 23.6 Å². The Morgan fingerprint density at radius 2 is 2.29 bits per heavy atom. The van der Waals surface area contributed by atoms with Crippen LogP contribution in [-0.4, -0.2) is 33.2 Å². The Morgan fingerprint density at radius 3 is 2.92 bits per heavy atom. The Labute approximate surface area is 144 Å². The highest BCUT2D eigenvalue weighted by molar-refractivity contribution is 7.16. The number of aliphatic hydroxyl groups excluding tert-OH is 1. The standard InChI is InChI=1S/C14H14ClFN2O5S/c15-9-2-1-7(24-9)6-22-8-5-11(23-12(8)13(16)20)18-4-3-10(19)17-14(18)21/h1-4,8,11-13,20H,5-6H2,(H,17,19,21)/t8-,11+,12-,13?/m0/s1. The number of aliphatic hydroxyl groups is 1. The van der Waals surface area contributed by atoms with Crippen LogP contribution in [0.2, 0.25) is 4.34 Å². The quantitative estimate of drug-likeness (QED) is 0.823. The summed E-state index contributed by atoms with van der Waals surface area (Å²) < 4.78 is 26.2. The molecule has 1 fully saturated rings. The van der Waals surface area contributed by atoms with Gasteiger partial charge in [0.15, 0.2) is 0 Å². The SMILES string of the molecule is O=c1ccn([C@H]2C[C@H](OCc3ccc(Cl)s3)[C@@H](C(O)F)O2)c(=O)[nH]1. The molecule has 1 saturated heterocycles. The molecule has 0 spiro atoms. The zero-order chi connectivity index (χ0) is 17.3. The molecule has 2 aromatic rings. The van der Waals surface area contributed by atoms with Crippen LogP contribution in [0.3, 0.4) is 0 Å². The number of thiophene rings is 1. The van der Waals surface area contributed by atoms with E-state index in [2.05, 4.69) is 4.98 Å². The van der Waals surface area contributed by atoms with Gasteiger partial charge in [-0.2, -0.15) is 0 Å². The van der Waals surface area contributed by atoms with Crippen molar-refractivity contribution in [2.45, 2.75) is 37.8 Å². The predicted molar refractivity (Wildman–Crippen MR) is 84.9 cm³/mol. The van der Waals surface area contributed by atoms with Crippen molar-refractivity contribution >= 4 is 22.9 Å². The van der Waals surface area contributed by atoms with Gasteiger partial charge in [-0.3, -0.25) is 14.3 Å². The molecule has 4 atom stereocenters. The largest absolute Gasteiger partial charge is 0.370 e. The number of aromatic amines is 1. The van der Waals surface area contributed by atoms with Crippen molar-refractivity contribution in [3.05, 3.63) is 54.4 Å². The van der Waals surface area contributed by atoms with Gasteiger partial charge >= 0.3 is 5.69 Å². The number of rotatable bonds is 5. The molecule has 10 heteroatoms. The van der Waals surface area contributed by atoms with Crippen LogP contribution >= 0.6 is 22.9 Å². The van der Waals surface area contributed by atoms with Gasteiger partial charge in [-0.1, -0.05) is 11.6 Å². The van der Waals surface area contributed by atoms with Gasteiger partial charge in [0.05, 0.1) is 17.0 Å². The number of H-pyrrole nitrogens is 1. The van der Waals surface area contributed by atoms with Crippen LogP contribution in [0.4, 0.5) is 4.39 Å². The van der Waals surface area contributed by atoms with Crippen LogP contribution < -0.4 is 11.2 Å². The van der Waals surface area contributed by atoms with E-state index in [4.69, 9.17) is 21.1 Å². The topological polar surface area (TPSA) is 93.5 Å². The van der Waals surface area contributed by atoms with E-state index in [0.29, 0.717) is 4.34 Å². The summed E-state index contributed by atoms with van der Waals surface area (Å²) in [6.45, 7) is 0.182. The van der Waals surface area contributed by atoms with Crippen molar-refractivity contribution < 1.29 is 19.0 Å². The van der Waals surface area contributed by atoms with Crippen molar-refractivity contribution in [3.8, 4) is 0 Å². The highest BCUT2D eigenvalue weighted by Crippen LogP contribution is 2.33. The minimum atomic E-state index is -2.26. The Balaban J connectivity index is 1.74. The van der Waals surface area contributed by atoms with E-state index in [9.17, 15) is 19.1 Å². The lowest BCUT2D eigenvalue weighted by Crippen LogP contribution is -2.34. The lowest BCUT2D eigenvalue weighted by atomic mass is 10.1. The molecule has 0 radical (unpaired) electrons. The Kier molecular flexibility index (Phi) is 5.16. The normalized spacial score (nSPS) is 25.0. The summed E-state index contributed by atoms with van der Waals surface area (Å²) in [5.74, 6) is 0. The number of nitrogens with one attached hydrogen (secondary N) is 1. The Bertz CT molecular complexity index is 820. The number of hydrogen-bond acceptors (Lipinski definition) is 6. The third-order valence-electron chi connectivity index (χ3n) is 3.62. The van der Waals surface area contributed by atoms with Crippen LogP contribution in [0.5, 0.6) is 0 Å². The fourth-order valence-electron chi connectivity index (χ4n) is 2.51. The first kappa shape index (κ1) is 17.3. The average Bonchev–Trinajstić information content (AvgIpc) is 3.11. The highest BCUT2D eigenvalue weighted by atomic mass is 35.5. The van der Waals surface area contributed by atoms with Crippen LogP contribution in [0.15, 0.2) is 34.0 Å². The van der Waals surface area contributed by atoms with E-state index in [1.165, 1.54) is 17.5 Å². The van der Waals surface area contributed by atoms with Gasteiger partial charge in [-0.15, -0.1) is 11.3 Å². The number of nitrogens with zero attached hydrogens (tertiary/aromatic N) is 1. The minimum absolute atomic E-state index is 0.150. The molecule has 1 aliphatic rings. The molecule has 7 nitrogen and oxygen atoms in total. The molecule has 2 N–H and O–H groups in total. The molecule has 0 aromatic carbocycles. The van der Waals surface area contributed by atoms with Crippen LogP contribution in [0.1, 0.15) is 17.5 Å². The summed E-state index contributed by atoms with van der Waals surface area (Å²) in [6, 6.07) is 4.67. The summed E-state index contributed by atoms with van der Waals surface area (Å²) in [5.41, 5.74) is -1.22. The summed E-state index contributed by atoms with van der Waals surface area (Å²) in [6.07, 6.45) is -3.68. The maximum absolute atomic E-state index is 13.4. The first-order valence-corrected chi connectivity index (χ1v) is 8.28. The fraction of sp³-hybridized carbons (Fsp3) is 0.429. The molecule has 3 heterocycles. The van der Waals surface area contributed by atoms with Gasteiger partial charge in [0.2, 0.25) is 6.36 Å². The van der Waals surface area contributed by atoms with Crippen molar-refractivity contribution in [2.24, 2.45) is 0 Å². The molecule has 1 unspecified atom stereocenters. The van der Waals surface area contributed by atoms with Crippen molar-refractivity contribution in [1.29, 1.82) is 0 Å². The van der Waals surface area contributed by atoms with Crippen LogP contribution in [0.25, 0.3) is 0 Å². The summed E-state index contributed by atoms with van der Waals surface area (Å²) >= 11 is 7.17. The minimum Gasteiger partial charge on any atom is -0.370 e.